The Bertz CT molecular complexity index is 4870. The fourth-order valence-electron chi connectivity index (χ4n) is 14.5. The molecule has 9 aromatic rings. The van der Waals surface area contributed by atoms with Crippen molar-refractivity contribution in [1.29, 1.82) is 0 Å². The number of fused-ring (bicyclic) bond motifs is 3. The summed E-state index contributed by atoms with van der Waals surface area (Å²) in [4.78, 5) is 106. The van der Waals surface area contributed by atoms with Gasteiger partial charge in [0.05, 0.1) is 31.0 Å². The molecule has 11 rings (SSSR count). The summed E-state index contributed by atoms with van der Waals surface area (Å²) in [6, 6.07) is 76.8. The number of ketones is 1. The zero-order valence-electron chi connectivity index (χ0n) is 76.9. The van der Waals surface area contributed by atoms with Gasteiger partial charge in [-0.2, -0.15) is 0 Å². The molecule has 0 spiro atoms. The highest BCUT2D eigenvalue weighted by Crippen LogP contribution is 2.47. The monoisotopic (exact) mass is 1740 g/mol. The summed E-state index contributed by atoms with van der Waals surface area (Å²) < 4.78 is 26.4. The number of carbonyl (C=O) groups is 9. The second-order valence-corrected chi connectivity index (χ2v) is 36.3. The summed E-state index contributed by atoms with van der Waals surface area (Å²) in [6.07, 6.45) is 8.22. The number of rotatable bonds is 27. The molecular weight excluding hydrogens is 1620 g/mol. The minimum atomic E-state index is -1.02. The number of amides is 4. The van der Waals surface area contributed by atoms with Crippen LogP contribution in [-0.2, 0) is 63.8 Å². The number of hydrogen-bond donors (Lipinski definition) is 8. The van der Waals surface area contributed by atoms with Gasteiger partial charge in [0.1, 0.15) is 28.2 Å². The first-order chi connectivity index (χ1) is 60.4. The first-order valence-electron chi connectivity index (χ1n) is 43.4. The molecule has 22 heteroatoms. The minimum absolute atomic E-state index is 0.168. The smallest absolute Gasteiger partial charge is 0.408 e. The molecule has 0 heterocycles. The molecule has 0 aromatic heterocycles. The average Bonchev–Trinajstić information content (AvgIpc) is 1.61. The molecule has 9 aromatic carbocycles. The van der Waals surface area contributed by atoms with Crippen LogP contribution < -0.4 is 26.0 Å². The number of carbonyl (C=O) groups excluding carboxylic acids is 5. The van der Waals surface area contributed by atoms with Gasteiger partial charge in [0, 0.05) is 34.7 Å². The van der Waals surface area contributed by atoms with Gasteiger partial charge in [-0.05, 0) is 239 Å². The lowest BCUT2D eigenvalue weighted by molar-refractivity contribution is -0.142. The van der Waals surface area contributed by atoms with Crippen molar-refractivity contribution >= 4 is 54.0 Å². The van der Waals surface area contributed by atoms with E-state index in [1.807, 2.05) is 206 Å². The number of ether oxygens (including phenoxy) is 5. The van der Waals surface area contributed by atoms with Crippen molar-refractivity contribution in [2.24, 2.45) is 17.8 Å². The number of hydrogen-bond acceptors (Lipinski definition) is 14. The number of alkyl carbamates (subject to hydrolysis) is 4. The molecule has 128 heavy (non-hydrogen) atoms. The van der Waals surface area contributed by atoms with Crippen LogP contribution in [0.25, 0.3) is 44.5 Å². The number of aliphatic carboxylic acids is 4. The molecule has 2 aliphatic rings. The molecule has 1 saturated carbocycles. The Labute approximate surface area is 754 Å². The number of Topliss-reactive ketones (excluding diaryl/α,β-unsaturated/α-hetero) is 1. The highest BCUT2D eigenvalue weighted by molar-refractivity contribution is 6.03. The van der Waals surface area contributed by atoms with Gasteiger partial charge in [-0.1, -0.05) is 263 Å². The minimum Gasteiger partial charge on any atom is -0.497 e. The third-order valence-electron chi connectivity index (χ3n) is 20.7. The van der Waals surface area contributed by atoms with Crippen LogP contribution in [0.3, 0.4) is 0 Å². The van der Waals surface area contributed by atoms with Crippen LogP contribution in [-0.4, -0.2) is 128 Å². The van der Waals surface area contributed by atoms with Gasteiger partial charge in [-0.3, -0.25) is 14.4 Å². The summed E-state index contributed by atoms with van der Waals surface area (Å²) in [5.41, 5.74) is 13.0. The highest BCUT2D eigenvalue weighted by atomic mass is 16.6. The molecule has 8 atom stereocenters. The van der Waals surface area contributed by atoms with Gasteiger partial charge >= 0.3 is 48.3 Å². The Hall–Kier alpha value is -13.1. The lowest BCUT2D eigenvalue weighted by Crippen LogP contribution is -2.41. The van der Waals surface area contributed by atoms with Crippen LogP contribution in [0, 0.1) is 17.8 Å². The van der Waals surface area contributed by atoms with Crippen molar-refractivity contribution in [2.75, 3.05) is 7.11 Å². The number of methoxy groups -OCH3 is 1. The summed E-state index contributed by atoms with van der Waals surface area (Å²) in [6.45, 7) is 27.7. The topological polar surface area (TPSA) is 329 Å². The Kier molecular flexibility index (Phi) is 38.7. The first kappa shape index (κ1) is 102. The van der Waals surface area contributed by atoms with Gasteiger partial charge in [0.15, 0.2) is 5.78 Å². The summed E-state index contributed by atoms with van der Waals surface area (Å²) >= 11 is 0. The van der Waals surface area contributed by atoms with Gasteiger partial charge < -0.3 is 65.4 Å². The molecule has 2 aliphatic carbocycles. The third-order valence-corrected chi connectivity index (χ3v) is 20.7. The quantitative estimate of drug-likeness (QED) is 0.0175. The van der Waals surface area contributed by atoms with E-state index in [9.17, 15) is 53.4 Å². The summed E-state index contributed by atoms with van der Waals surface area (Å²) in [5, 5.41) is 48.0. The van der Waals surface area contributed by atoms with E-state index in [4.69, 9.17) is 33.9 Å². The molecule has 0 aliphatic heterocycles. The Morgan fingerprint density at radius 3 is 0.898 bits per heavy atom. The Morgan fingerprint density at radius 1 is 0.367 bits per heavy atom. The average molecular weight is 1750 g/mol. The molecule has 0 saturated heterocycles. The molecule has 8 N–H and O–H groups in total. The molecule has 22 nitrogen and oxygen atoms in total. The van der Waals surface area contributed by atoms with E-state index in [0.29, 0.717) is 50.2 Å². The molecule has 0 bridgehead atoms. The predicted molar refractivity (Wildman–Crippen MR) is 503 cm³/mol. The van der Waals surface area contributed by atoms with Crippen LogP contribution in [0.2, 0.25) is 0 Å². The number of benzene rings is 9. The fraction of sp³-hybridized carbons (Fsp3) is 0.368. The van der Waals surface area contributed by atoms with E-state index < -0.39 is 94.6 Å². The van der Waals surface area contributed by atoms with Crippen molar-refractivity contribution in [3.8, 4) is 50.3 Å². The van der Waals surface area contributed by atoms with Gasteiger partial charge in [0.2, 0.25) is 0 Å². The Morgan fingerprint density at radius 2 is 0.633 bits per heavy atom. The molecule has 680 valence electrons. The molecule has 4 amide bonds. The van der Waals surface area contributed by atoms with Crippen LogP contribution in [0.4, 0.5) is 19.2 Å². The summed E-state index contributed by atoms with van der Waals surface area (Å²) in [7, 11) is 1.65. The largest absolute Gasteiger partial charge is 0.497 e. The lowest BCUT2D eigenvalue weighted by Gasteiger charge is -2.25. The second kappa shape index (κ2) is 48.6. The summed E-state index contributed by atoms with van der Waals surface area (Å²) in [5.74, 6) is -3.04. The van der Waals surface area contributed by atoms with E-state index in [1.54, 1.807) is 104 Å². The van der Waals surface area contributed by atoms with Crippen molar-refractivity contribution in [2.45, 2.75) is 227 Å². The Balaban J connectivity index is 0.000000221. The van der Waals surface area contributed by atoms with Crippen molar-refractivity contribution < 1.29 is 87.3 Å². The maximum Gasteiger partial charge on any atom is 0.408 e. The third kappa shape index (κ3) is 36.5. The van der Waals surface area contributed by atoms with Crippen LogP contribution in [0.15, 0.2) is 260 Å². The maximum atomic E-state index is 12.2. The van der Waals surface area contributed by atoms with Crippen molar-refractivity contribution in [3.05, 3.63) is 293 Å². The number of carboxylic acid groups (broad SMARTS) is 4. The van der Waals surface area contributed by atoms with Crippen LogP contribution in [0.5, 0.6) is 5.75 Å². The SMILES string of the molecule is C/C(=C\[C@@H](Cc1ccc(-c2ccccc2)cc1)NC(=O)OC(C)(C)C)C(=O)O.C/C(=C\[C@@H](Cc1ccc(-c2ccccc2)cc1)NC(=O)OC(C)(C)C)C(=O)O.COc1ccc2c(c1)C(=O)[C@H]1CCCC[C@@H]21.C[C@@H](C[C@@H](Cc1ccc(-c2ccccc2)cc1)NC(=O)OC(C)(C)C)C(=O)O.C[C@H](C[C@@H](Cc1ccc(-c2ccccc2)cc1)NC(=O)OC(C)(C)C)C(=O)O. The van der Waals surface area contributed by atoms with E-state index >= 15 is 0 Å². The molecule has 0 radical (unpaired) electrons. The molecular formula is C106H128N4O18. The number of nitrogens with one attached hydrogen (secondary N) is 4. The zero-order valence-corrected chi connectivity index (χ0v) is 76.9. The first-order valence-corrected chi connectivity index (χ1v) is 43.4. The zero-order chi connectivity index (χ0) is 94.1. The van der Waals surface area contributed by atoms with Crippen LogP contribution in [0.1, 0.15) is 193 Å². The number of carboxylic acids is 4. The fourth-order valence-corrected chi connectivity index (χ4v) is 14.5. The molecule has 0 unspecified atom stereocenters. The van der Waals surface area contributed by atoms with E-state index in [0.717, 1.165) is 84.5 Å². The van der Waals surface area contributed by atoms with Crippen molar-refractivity contribution in [3.63, 3.8) is 0 Å². The van der Waals surface area contributed by atoms with E-state index in [-0.39, 0.29) is 29.1 Å². The van der Waals surface area contributed by atoms with E-state index in [2.05, 4.69) is 51.6 Å². The lowest BCUT2D eigenvalue weighted by atomic mass is 9.79. The molecule has 1 fully saturated rings. The van der Waals surface area contributed by atoms with Crippen molar-refractivity contribution in [1.82, 2.24) is 21.3 Å². The second-order valence-electron chi connectivity index (χ2n) is 36.3. The normalized spacial score (nSPS) is 15.0. The highest BCUT2D eigenvalue weighted by Gasteiger charge is 2.41. The van der Waals surface area contributed by atoms with Gasteiger partial charge in [0.25, 0.3) is 0 Å². The van der Waals surface area contributed by atoms with Gasteiger partial charge in [-0.25, -0.2) is 28.8 Å². The predicted octanol–water partition coefficient (Wildman–Crippen LogP) is 22.6. The van der Waals surface area contributed by atoms with Crippen LogP contribution >= 0.6 is 0 Å². The van der Waals surface area contributed by atoms with E-state index in [1.165, 1.54) is 50.8 Å². The van der Waals surface area contributed by atoms with Gasteiger partial charge in [-0.15, -0.1) is 0 Å². The maximum absolute atomic E-state index is 12.2. The standard InChI is InChI=1S/2C23H29NO4.2C23H27NO4.C14H16O2/c4*1-16(21(25)26)14-20(24-22(27)28-23(2,3)4)15-17-10-12-19(13-11-17)18-8-6-5-7-9-18;1-16-9-6-7-11-10-4-2-3-5-12(10)14(15)13(11)8-9/h2*5-13,16,20H,14-15H2,1-4H3,(H,24,27)(H,25,26);2*5-14,20H,15H2,1-4H3,(H,24,27)(H,25,26);6-8,10,12H,2-5H2,1H3/b;;2*16-14+;/t16-,20+;16-,20-;2*20-;10-,12-/m10000/s1.